The topological polar surface area (TPSA) is 58.2 Å². The fourth-order valence-corrected chi connectivity index (χ4v) is 2.57. The second-order valence-electron chi connectivity index (χ2n) is 6.26. The third-order valence-electron chi connectivity index (χ3n) is 3.70. The van der Waals surface area contributed by atoms with Gasteiger partial charge in [0.25, 0.3) is 5.91 Å². The van der Waals surface area contributed by atoms with Gasteiger partial charge in [0.15, 0.2) is 0 Å². The predicted molar refractivity (Wildman–Crippen MR) is 97.1 cm³/mol. The maximum absolute atomic E-state index is 12.3. The van der Waals surface area contributed by atoms with Crippen LogP contribution in [-0.4, -0.2) is 18.9 Å². The average Bonchev–Trinajstić information content (AvgIpc) is 2.56. The van der Waals surface area contributed by atoms with Crippen LogP contribution in [-0.2, 0) is 17.6 Å². The summed E-state index contributed by atoms with van der Waals surface area (Å²) in [6.45, 7) is 4.37. The van der Waals surface area contributed by atoms with E-state index in [9.17, 15) is 9.59 Å². The quantitative estimate of drug-likeness (QED) is 0.855. The van der Waals surface area contributed by atoms with Crippen molar-refractivity contribution in [3.8, 4) is 0 Å². The highest BCUT2D eigenvalue weighted by atomic mass is 16.2. The van der Waals surface area contributed by atoms with Crippen LogP contribution in [0, 0.1) is 5.92 Å². The Labute approximate surface area is 143 Å². The number of nitrogens with one attached hydrogen (secondary N) is 2. The van der Waals surface area contributed by atoms with Crippen molar-refractivity contribution < 1.29 is 9.59 Å². The van der Waals surface area contributed by atoms with Crippen molar-refractivity contribution in [2.24, 2.45) is 5.92 Å². The molecule has 0 heterocycles. The molecule has 2 amide bonds. The van der Waals surface area contributed by atoms with Crippen molar-refractivity contribution >= 4 is 17.5 Å². The maximum atomic E-state index is 12.3. The summed E-state index contributed by atoms with van der Waals surface area (Å²) in [6, 6.07) is 15.1. The highest BCUT2D eigenvalue weighted by molar-refractivity contribution is 6.03. The molecule has 126 valence electrons. The Morgan fingerprint density at radius 3 is 2.21 bits per heavy atom. The zero-order valence-corrected chi connectivity index (χ0v) is 14.4. The van der Waals surface area contributed by atoms with Crippen LogP contribution in [0.3, 0.4) is 0 Å². The standard InChI is InChI=1S/C20H24N2O2/c1-14(2)12-15-8-10-16(11-9-15)13-19(23)22-18-7-5-4-6-17(18)20(24)21-3/h4-11,14H,12-13H2,1-3H3,(H,21,24)(H,22,23). The van der Waals surface area contributed by atoms with Crippen molar-refractivity contribution in [2.75, 3.05) is 12.4 Å². The molecule has 0 bridgehead atoms. The molecule has 0 unspecified atom stereocenters. The Hall–Kier alpha value is -2.62. The second kappa shape index (κ2) is 8.29. The Kier molecular flexibility index (Phi) is 6.13. The third kappa shape index (κ3) is 4.95. The van der Waals surface area contributed by atoms with Crippen LogP contribution < -0.4 is 10.6 Å². The smallest absolute Gasteiger partial charge is 0.253 e. The second-order valence-corrected chi connectivity index (χ2v) is 6.26. The molecule has 2 aromatic carbocycles. The highest BCUT2D eigenvalue weighted by Gasteiger charge is 2.12. The molecule has 2 N–H and O–H groups in total. The van der Waals surface area contributed by atoms with Crippen LogP contribution in [0.5, 0.6) is 0 Å². The number of carbonyl (C=O) groups is 2. The SMILES string of the molecule is CNC(=O)c1ccccc1NC(=O)Cc1ccc(CC(C)C)cc1. The summed E-state index contributed by atoms with van der Waals surface area (Å²) in [6.07, 6.45) is 1.32. The van der Waals surface area contributed by atoms with Crippen LogP contribution in [0.4, 0.5) is 5.69 Å². The van der Waals surface area contributed by atoms with Gasteiger partial charge in [-0.1, -0.05) is 50.2 Å². The molecule has 0 atom stereocenters. The van der Waals surface area contributed by atoms with Crippen molar-refractivity contribution in [3.63, 3.8) is 0 Å². The molecule has 2 rings (SSSR count). The van der Waals surface area contributed by atoms with Crippen LogP contribution in [0.25, 0.3) is 0 Å². The van der Waals surface area contributed by atoms with Crippen molar-refractivity contribution in [1.82, 2.24) is 5.32 Å². The molecule has 24 heavy (non-hydrogen) atoms. The van der Waals surface area contributed by atoms with E-state index < -0.39 is 0 Å². The lowest BCUT2D eigenvalue weighted by Crippen LogP contribution is -2.22. The van der Waals surface area contributed by atoms with Gasteiger partial charge in [0.05, 0.1) is 17.7 Å². The predicted octanol–water partition coefficient (Wildman–Crippen LogP) is 3.43. The first-order valence-electron chi connectivity index (χ1n) is 8.18. The van der Waals surface area contributed by atoms with Crippen molar-refractivity contribution in [1.29, 1.82) is 0 Å². The number of para-hydroxylation sites is 1. The first-order valence-corrected chi connectivity index (χ1v) is 8.18. The first-order chi connectivity index (χ1) is 11.5. The lowest BCUT2D eigenvalue weighted by atomic mass is 10.0. The Morgan fingerprint density at radius 2 is 1.58 bits per heavy atom. The fraction of sp³-hybridized carbons (Fsp3) is 0.300. The van der Waals surface area contributed by atoms with Gasteiger partial charge in [-0.25, -0.2) is 0 Å². The van der Waals surface area contributed by atoms with E-state index in [-0.39, 0.29) is 18.2 Å². The van der Waals surface area contributed by atoms with Gasteiger partial charge in [-0.05, 0) is 35.6 Å². The lowest BCUT2D eigenvalue weighted by Gasteiger charge is -2.10. The van der Waals surface area contributed by atoms with E-state index >= 15 is 0 Å². The molecule has 0 saturated carbocycles. The van der Waals surface area contributed by atoms with Gasteiger partial charge in [0.2, 0.25) is 5.91 Å². The largest absolute Gasteiger partial charge is 0.355 e. The summed E-state index contributed by atoms with van der Waals surface area (Å²) in [5.41, 5.74) is 3.22. The van der Waals surface area contributed by atoms with Crippen LogP contribution in [0.15, 0.2) is 48.5 Å². The summed E-state index contributed by atoms with van der Waals surface area (Å²) in [5.74, 6) is 0.257. The molecule has 2 aromatic rings. The van der Waals surface area contributed by atoms with Crippen LogP contribution >= 0.6 is 0 Å². The Bertz CT molecular complexity index is 706. The number of anilines is 1. The van der Waals surface area contributed by atoms with Gasteiger partial charge in [0.1, 0.15) is 0 Å². The molecule has 0 spiro atoms. The molecule has 0 radical (unpaired) electrons. The molecule has 4 nitrogen and oxygen atoms in total. The van der Waals surface area contributed by atoms with E-state index in [0.717, 1.165) is 12.0 Å². The number of rotatable bonds is 6. The normalized spacial score (nSPS) is 10.5. The summed E-state index contributed by atoms with van der Waals surface area (Å²) in [7, 11) is 1.57. The van der Waals surface area contributed by atoms with Gasteiger partial charge < -0.3 is 10.6 Å². The minimum atomic E-state index is -0.219. The number of benzene rings is 2. The van der Waals surface area contributed by atoms with E-state index in [1.807, 2.05) is 12.1 Å². The molecule has 0 fully saturated rings. The van der Waals surface area contributed by atoms with Gasteiger partial charge in [-0.3, -0.25) is 9.59 Å². The molecular formula is C20H24N2O2. The van der Waals surface area contributed by atoms with Gasteiger partial charge >= 0.3 is 0 Å². The molecule has 4 heteroatoms. The number of hydrogen-bond donors (Lipinski definition) is 2. The van der Waals surface area contributed by atoms with Crippen LogP contribution in [0.1, 0.15) is 35.3 Å². The van der Waals surface area contributed by atoms with Gasteiger partial charge in [0, 0.05) is 7.05 Å². The van der Waals surface area contributed by atoms with E-state index in [2.05, 4.69) is 36.6 Å². The monoisotopic (exact) mass is 324 g/mol. The summed E-state index contributed by atoms with van der Waals surface area (Å²) in [4.78, 5) is 24.1. The molecule has 0 aliphatic heterocycles. The third-order valence-corrected chi connectivity index (χ3v) is 3.70. The molecule has 0 aliphatic carbocycles. The average molecular weight is 324 g/mol. The van der Waals surface area contributed by atoms with Crippen molar-refractivity contribution in [3.05, 3.63) is 65.2 Å². The van der Waals surface area contributed by atoms with Crippen molar-refractivity contribution in [2.45, 2.75) is 26.7 Å². The number of carbonyl (C=O) groups excluding carboxylic acids is 2. The van der Waals surface area contributed by atoms with E-state index in [1.54, 1.807) is 31.3 Å². The Balaban J connectivity index is 2.02. The molecule has 0 saturated heterocycles. The number of amides is 2. The Morgan fingerprint density at radius 1 is 0.958 bits per heavy atom. The summed E-state index contributed by atoms with van der Waals surface area (Å²) in [5, 5.41) is 5.40. The summed E-state index contributed by atoms with van der Waals surface area (Å²) >= 11 is 0. The molecular weight excluding hydrogens is 300 g/mol. The van der Waals surface area contributed by atoms with E-state index in [4.69, 9.17) is 0 Å². The van der Waals surface area contributed by atoms with Crippen LogP contribution in [0.2, 0.25) is 0 Å². The first kappa shape index (κ1) is 17.7. The fourth-order valence-electron chi connectivity index (χ4n) is 2.57. The zero-order chi connectivity index (χ0) is 17.5. The molecule has 0 aliphatic rings. The zero-order valence-electron chi connectivity index (χ0n) is 14.4. The van der Waals surface area contributed by atoms with E-state index in [1.165, 1.54) is 5.56 Å². The van der Waals surface area contributed by atoms with E-state index in [0.29, 0.717) is 17.2 Å². The minimum absolute atomic E-state index is 0.136. The van der Waals surface area contributed by atoms with Gasteiger partial charge in [-0.15, -0.1) is 0 Å². The maximum Gasteiger partial charge on any atom is 0.253 e. The van der Waals surface area contributed by atoms with Gasteiger partial charge in [-0.2, -0.15) is 0 Å². The lowest BCUT2D eigenvalue weighted by molar-refractivity contribution is -0.115. The number of hydrogen-bond acceptors (Lipinski definition) is 2. The highest BCUT2D eigenvalue weighted by Crippen LogP contribution is 2.16. The minimum Gasteiger partial charge on any atom is -0.355 e. The molecule has 0 aromatic heterocycles. The summed E-state index contributed by atoms with van der Waals surface area (Å²) < 4.78 is 0.